The van der Waals surface area contributed by atoms with E-state index in [-0.39, 0.29) is 12.5 Å². The normalized spacial score (nSPS) is 13.2. The minimum Gasteiger partial charge on any atom is -0.378 e. The Morgan fingerprint density at radius 3 is 2.85 bits per heavy atom. The summed E-state index contributed by atoms with van der Waals surface area (Å²) in [6.45, 7) is 1.37. The van der Waals surface area contributed by atoms with Crippen molar-refractivity contribution in [2.75, 3.05) is 19.0 Å². The summed E-state index contributed by atoms with van der Waals surface area (Å²) in [4.78, 5) is 16.5. The quantitative estimate of drug-likeness (QED) is 0.727. The molecule has 0 atom stereocenters. The first-order valence-electron chi connectivity index (χ1n) is 8.65. The number of methoxy groups -OCH3 is 1. The fourth-order valence-electron chi connectivity index (χ4n) is 3.46. The van der Waals surface area contributed by atoms with Crippen LogP contribution >= 0.6 is 0 Å². The second-order valence-corrected chi connectivity index (χ2v) is 6.23. The average molecular weight is 366 g/mol. The summed E-state index contributed by atoms with van der Waals surface area (Å²) in [6, 6.07) is 11.1. The van der Waals surface area contributed by atoms with Gasteiger partial charge in [0, 0.05) is 43.2 Å². The van der Waals surface area contributed by atoms with Gasteiger partial charge in [-0.2, -0.15) is 0 Å². The lowest BCUT2D eigenvalue weighted by molar-refractivity contribution is 0.0925. The maximum atomic E-state index is 14.6. The molecular formula is C20H19FN4O2. The van der Waals surface area contributed by atoms with Gasteiger partial charge in [0.15, 0.2) is 0 Å². The molecule has 6 nitrogen and oxygen atoms in total. The van der Waals surface area contributed by atoms with Crippen molar-refractivity contribution in [3.05, 3.63) is 66.0 Å². The van der Waals surface area contributed by atoms with Gasteiger partial charge in [-0.25, -0.2) is 4.39 Å². The number of halogens is 1. The van der Waals surface area contributed by atoms with E-state index < -0.39 is 5.82 Å². The highest BCUT2D eigenvalue weighted by atomic mass is 19.1. The number of benzene rings is 1. The lowest BCUT2D eigenvalue weighted by Gasteiger charge is -2.19. The second kappa shape index (κ2) is 7.20. The van der Waals surface area contributed by atoms with Crippen LogP contribution in [0.3, 0.4) is 0 Å². The minimum absolute atomic E-state index is 0.197. The van der Waals surface area contributed by atoms with Crippen molar-refractivity contribution in [2.45, 2.75) is 13.2 Å². The Morgan fingerprint density at radius 1 is 1.30 bits per heavy atom. The zero-order chi connectivity index (χ0) is 18.8. The Bertz CT molecular complexity index is 985. The third-order valence-corrected chi connectivity index (χ3v) is 4.57. The van der Waals surface area contributed by atoms with Crippen molar-refractivity contribution in [3.63, 3.8) is 0 Å². The van der Waals surface area contributed by atoms with E-state index in [1.54, 1.807) is 13.2 Å². The van der Waals surface area contributed by atoms with Crippen LogP contribution in [-0.2, 0) is 17.9 Å². The van der Waals surface area contributed by atoms with Gasteiger partial charge in [0.05, 0.1) is 24.2 Å². The first-order valence-corrected chi connectivity index (χ1v) is 8.65. The first-order chi connectivity index (χ1) is 13.2. The van der Waals surface area contributed by atoms with Crippen LogP contribution in [-0.4, -0.2) is 29.1 Å². The van der Waals surface area contributed by atoms with Crippen LogP contribution in [0.2, 0.25) is 0 Å². The van der Waals surface area contributed by atoms with Crippen LogP contribution < -0.4 is 10.6 Å². The largest absolute Gasteiger partial charge is 0.378 e. The first kappa shape index (κ1) is 17.2. The molecule has 27 heavy (non-hydrogen) atoms. The molecule has 0 fully saturated rings. The standard InChI is InChI=1S/C20H19FN4O2/c1-27-12-16-17(14-7-8-22-11-15(14)21)18(24-13-5-3-2-4-6-13)19-20(26)23-9-10-25(16)19/h2-8,11,24H,9-10,12H2,1H3,(H,23,26). The highest BCUT2D eigenvalue weighted by Gasteiger charge is 2.31. The van der Waals surface area contributed by atoms with E-state index in [9.17, 15) is 9.18 Å². The lowest BCUT2D eigenvalue weighted by atomic mass is 10.0. The van der Waals surface area contributed by atoms with Gasteiger partial charge in [-0.05, 0) is 18.2 Å². The van der Waals surface area contributed by atoms with Gasteiger partial charge in [0.2, 0.25) is 0 Å². The number of nitrogens with one attached hydrogen (secondary N) is 2. The molecule has 0 bridgehead atoms. The van der Waals surface area contributed by atoms with Gasteiger partial charge in [-0.15, -0.1) is 0 Å². The fourth-order valence-corrected chi connectivity index (χ4v) is 3.46. The van der Waals surface area contributed by atoms with E-state index in [1.807, 2.05) is 34.9 Å². The highest BCUT2D eigenvalue weighted by Crippen LogP contribution is 2.41. The van der Waals surface area contributed by atoms with Gasteiger partial charge in [0.25, 0.3) is 5.91 Å². The number of aromatic nitrogens is 2. The van der Waals surface area contributed by atoms with Gasteiger partial charge in [-0.3, -0.25) is 9.78 Å². The number of rotatable bonds is 5. The average Bonchev–Trinajstić information content (AvgIpc) is 2.98. The van der Waals surface area contributed by atoms with Gasteiger partial charge in [-0.1, -0.05) is 18.2 Å². The summed E-state index contributed by atoms with van der Waals surface area (Å²) in [6.07, 6.45) is 2.72. The van der Waals surface area contributed by atoms with E-state index in [1.165, 1.54) is 12.4 Å². The number of ether oxygens (including phenoxy) is 1. The molecule has 1 aromatic carbocycles. The van der Waals surface area contributed by atoms with Crippen LogP contribution in [0, 0.1) is 5.82 Å². The molecule has 0 aliphatic carbocycles. The molecule has 4 rings (SSSR count). The predicted molar refractivity (Wildman–Crippen MR) is 100 cm³/mol. The molecule has 0 spiro atoms. The van der Waals surface area contributed by atoms with Crippen molar-refractivity contribution in [1.29, 1.82) is 0 Å². The molecule has 138 valence electrons. The molecule has 3 aromatic rings. The fraction of sp³-hybridized carbons (Fsp3) is 0.200. The summed E-state index contributed by atoms with van der Waals surface area (Å²) in [5.41, 5.74) is 3.60. The number of anilines is 2. The minimum atomic E-state index is -0.450. The number of hydrogen-bond donors (Lipinski definition) is 2. The molecule has 2 aromatic heterocycles. The predicted octanol–water partition coefficient (Wildman–Crippen LogP) is 3.32. The Balaban J connectivity index is 1.99. The Hall–Kier alpha value is -3.19. The molecule has 1 aliphatic heterocycles. The van der Waals surface area contributed by atoms with E-state index in [4.69, 9.17) is 4.74 Å². The number of fused-ring (bicyclic) bond motifs is 1. The molecule has 3 heterocycles. The maximum Gasteiger partial charge on any atom is 0.270 e. The number of amides is 1. The summed E-state index contributed by atoms with van der Waals surface area (Å²) >= 11 is 0. The Labute approximate surface area is 156 Å². The lowest BCUT2D eigenvalue weighted by Crippen LogP contribution is -2.36. The van der Waals surface area contributed by atoms with Crippen LogP contribution in [0.25, 0.3) is 11.1 Å². The SMILES string of the molecule is COCc1c(-c2ccncc2F)c(Nc2ccccc2)c2n1CCNC2=O. The summed E-state index contributed by atoms with van der Waals surface area (Å²) < 4.78 is 21.9. The Morgan fingerprint density at radius 2 is 2.11 bits per heavy atom. The third-order valence-electron chi connectivity index (χ3n) is 4.57. The molecule has 1 amide bonds. The van der Waals surface area contributed by atoms with Crippen LogP contribution in [0.1, 0.15) is 16.2 Å². The third kappa shape index (κ3) is 3.06. The number of nitrogens with zero attached hydrogens (tertiary/aromatic N) is 2. The number of carbonyl (C=O) groups is 1. The summed E-state index contributed by atoms with van der Waals surface area (Å²) in [5, 5.41) is 6.18. The van der Waals surface area contributed by atoms with Crippen LogP contribution in [0.15, 0.2) is 48.8 Å². The molecule has 0 saturated carbocycles. The smallest absolute Gasteiger partial charge is 0.270 e. The zero-order valence-electron chi connectivity index (χ0n) is 14.8. The summed E-state index contributed by atoms with van der Waals surface area (Å²) in [5.74, 6) is -0.646. The zero-order valence-corrected chi connectivity index (χ0v) is 14.8. The van der Waals surface area contributed by atoms with Crippen LogP contribution in [0.4, 0.5) is 15.8 Å². The van der Waals surface area contributed by atoms with E-state index in [0.29, 0.717) is 35.6 Å². The maximum absolute atomic E-state index is 14.6. The van der Waals surface area contributed by atoms with Crippen molar-refractivity contribution in [1.82, 2.24) is 14.9 Å². The second-order valence-electron chi connectivity index (χ2n) is 6.23. The Kier molecular flexibility index (Phi) is 4.60. The number of hydrogen-bond acceptors (Lipinski definition) is 4. The highest BCUT2D eigenvalue weighted by molar-refractivity contribution is 6.05. The van der Waals surface area contributed by atoms with Crippen molar-refractivity contribution in [2.24, 2.45) is 0 Å². The molecule has 2 N–H and O–H groups in total. The number of para-hydroxylation sites is 1. The monoisotopic (exact) mass is 366 g/mol. The molecule has 1 aliphatic rings. The molecular weight excluding hydrogens is 347 g/mol. The molecule has 0 saturated heterocycles. The van der Waals surface area contributed by atoms with Gasteiger partial charge >= 0.3 is 0 Å². The van der Waals surface area contributed by atoms with Crippen molar-refractivity contribution in [3.8, 4) is 11.1 Å². The van der Waals surface area contributed by atoms with E-state index in [0.717, 1.165) is 11.4 Å². The molecule has 7 heteroatoms. The number of pyridine rings is 1. The molecule has 0 radical (unpaired) electrons. The van der Waals surface area contributed by atoms with Gasteiger partial charge < -0.3 is 19.9 Å². The topological polar surface area (TPSA) is 68.2 Å². The van der Waals surface area contributed by atoms with E-state index >= 15 is 0 Å². The van der Waals surface area contributed by atoms with Crippen molar-refractivity contribution >= 4 is 17.3 Å². The summed E-state index contributed by atoms with van der Waals surface area (Å²) in [7, 11) is 1.58. The van der Waals surface area contributed by atoms with E-state index in [2.05, 4.69) is 15.6 Å². The van der Waals surface area contributed by atoms with Crippen molar-refractivity contribution < 1.29 is 13.9 Å². The van der Waals surface area contributed by atoms with Crippen LogP contribution in [0.5, 0.6) is 0 Å². The number of carbonyl (C=O) groups excluding carboxylic acids is 1. The van der Waals surface area contributed by atoms with Gasteiger partial charge in [0.1, 0.15) is 11.5 Å². The molecule has 0 unspecified atom stereocenters.